The van der Waals surface area contributed by atoms with Gasteiger partial charge in [0.2, 0.25) is 0 Å². The van der Waals surface area contributed by atoms with E-state index in [-0.39, 0.29) is 42.2 Å². The van der Waals surface area contributed by atoms with Crippen LogP contribution >= 0.6 is 24.0 Å². The number of carbonyl (C=O) groups is 1. The van der Waals surface area contributed by atoms with Crippen molar-refractivity contribution in [3.63, 3.8) is 0 Å². The summed E-state index contributed by atoms with van der Waals surface area (Å²) in [4.78, 5) is 18.2. The van der Waals surface area contributed by atoms with E-state index in [2.05, 4.69) is 15.6 Å². The summed E-state index contributed by atoms with van der Waals surface area (Å²) >= 11 is 0. The highest BCUT2D eigenvalue weighted by Gasteiger charge is 2.34. The molecular formula is C16H31IN4O3. The molecule has 0 aliphatic carbocycles. The first-order chi connectivity index (χ1) is 10.9. The van der Waals surface area contributed by atoms with Gasteiger partial charge < -0.3 is 25.0 Å². The molecule has 0 spiro atoms. The summed E-state index contributed by atoms with van der Waals surface area (Å²) in [7, 11) is 0. The number of carbonyl (C=O) groups excluding carboxylic acids is 1. The Hall–Kier alpha value is -0.770. The van der Waals surface area contributed by atoms with E-state index in [9.17, 15) is 4.79 Å². The van der Waals surface area contributed by atoms with Crippen molar-refractivity contribution in [2.45, 2.75) is 58.3 Å². The van der Waals surface area contributed by atoms with E-state index in [1.54, 1.807) is 4.90 Å². The highest BCUT2D eigenvalue weighted by atomic mass is 127. The molecule has 2 saturated heterocycles. The zero-order valence-corrected chi connectivity index (χ0v) is 17.5. The van der Waals surface area contributed by atoms with Gasteiger partial charge in [0.15, 0.2) is 5.96 Å². The number of likely N-dealkylation sites (tertiary alicyclic amines) is 1. The summed E-state index contributed by atoms with van der Waals surface area (Å²) < 4.78 is 10.9. The van der Waals surface area contributed by atoms with Crippen molar-refractivity contribution in [3.8, 4) is 0 Å². The molecule has 7 nitrogen and oxygen atoms in total. The zero-order valence-electron chi connectivity index (χ0n) is 15.1. The maximum Gasteiger partial charge on any atom is 0.410 e. The summed E-state index contributed by atoms with van der Waals surface area (Å²) in [5.41, 5.74) is -0.451. The highest BCUT2D eigenvalue weighted by Crippen LogP contribution is 2.15. The Kier molecular flexibility index (Phi) is 8.55. The Bertz CT molecular complexity index is 428. The normalized spacial score (nSPS) is 21.8. The lowest BCUT2D eigenvalue weighted by atomic mass is 10.1. The van der Waals surface area contributed by atoms with E-state index in [4.69, 9.17) is 9.47 Å². The number of hydrogen-bond acceptors (Lipinski definition) is 4. The second-order valence-electron chi connectivity index (χ2n) is 7.08. The molecule has 2 aliphatic rings. The molecule has 8 heteroatoms. The van der Waals surface area contributed by atoms with Crippen molar-refractivity contribution >= 4 is 36.0 Å². The molecular weight excluding hydrogens is 423 g/mol. The number of nitrogens with one attached hydrogen (secondary N) is 2. The lowest BCUT2D eigenvalue weighted by Crippen LogP contribution is -2.63. The van der Waals surface area contributed by atoms with E-state index < -0.39 is 5.60 Å². The molecule has 2 aliphatic heterocycles. The molecule has 2 fully saturated rings. The zero-order chi connectivity index (χ0) is 16.9. The molecule has 2 N–H and O–H groups in total. The van der Waals surface area contributed by atoms with Crippen molar-refractivity contribution < 1.29 is 14.3 Å². The molecule has 1 amide bonds. The SMILES string of the molecule is CCNC(=NCC1CCCO1)NC1CN(C(=O)OC(C)(C)C)C1.I. The average Bonchev–Trinajstić information content (AvgIpc) is 2.90. The van der Waals surface area contributed by atoms with E-state index >= 15 is 0 Å². The number of hydrogen-bond donors (Lipinski definition) is 2. The summed E-state index contributed by atoms with van der Waals surface area (Å²) in [6, 6.07) is 0.213. The molecule has 0 aromatic heterocycles. The fourth-order valence-electron chi connectivity index (χ4n) is 2.54. The van der Waals surface area contributed by atoms with Gasteiger partial charge in [0.05, 0.1) is 18.7 Å². The first kappa shape index (κ1) is 21.3. The van der Waals surface area contributed by atoms with Crippen LogP contribution in [-0.4, -0.2) is 67.5 Å². The average molecular weight is 454 g/mol. The minimum Gasteiger partial charge on any atom is -0.444 e. The fraction of sp³-hybridized carbons (Fsp3) is 0.875. The Morgan fingerprint density at radius 2 is 2.08 bits per heavy atom. The summed E-state index contributed by atoms with van der Waals surface area (Å²) in [5.74, 6) is 0.789. The lowest BCUT2D eigenvalue weighted by Gasteiger charge is -2.40. The summed E-state index contributed by atoms with van der Waals surface area (Å²) in [6.45, 7) is 11.3. The molecule has 0 radical (unpaired) electrons. The lowest BCUT2D eigenvalue weighted by molar-refractivity contribution is 0.00700. The molecule has 140 valence electrons. The molecule has 0 aromatic carbocycles. The molecule has 1 atom stereocenters. The van der Waals surface area contributed by atoms with Gasteiger partial charge in [-0.1, -0.05) is 0 Å². The van der Waals surface area contributed by atoms with E-state index in [0.29, 0.717) is 19.6 Å². The van der Waals surface area contributed by atoms with Crippen LogP contribution in [0.1, 0.15) is 40.5 Å². The first-order valence-electron chi connectivity index (χ1n) is 8.51. The molecule has 24 heavy (non-hydrogen) atoms. The molecule has 0 saturated carbocycles. The van der Waals surface area contributed by atoms with Crippen LogP contribution in [0.4, 0.5) is 4.79 Å². The molecule has 2 rings (SSSR count). The third-order valence-corrected chi connectivity index (χ3v) is 3.70. The molecule has 1 unspecified atom stereocenters. The first-order valence-corrected chi connectivity index (χ1v) is 8.51. The minimum atomic E-state index is -0.451. The summed E-state index contributed by atoms with van der Waals surface area (Å²) in [5, 5.41) is 6.60. The van der Waals surface area contributed by atoms with Crippen LogP contribution in [0, 0.1) is 0 Å². The highest BCUT2D eigenvalue weighted by molar-refractivity contribution is 14.0. The Balaban J connectivity index is 0.00000288. The van der Waals surface area contributed by atoms with Gasteiger partial charge in [-0.2, -0.15) is 0 Å². The number of amides is 1. The van der Waals surface area contributed by atoms with Crippen LogP contribution in [0.15, 0.2) is 4.99 Å². The number of halogens is 1. The number of guanidine groups is 1. The number of ether oxygens (including phenoxy) is 2. The minimum absolute atomic E-state index is 0. The van der Waals surface area contributed by atoms with Crippen molar-refractivity contribution in [2.24, 2.45) is 4.99 Å². The van der Waals surface area contributed by atoms with Crippen LogP contribution in [0.3, 0.4) is 0 Å². The van der Waals surface area contributed by atoms with Crippen molar-refractivity contribution in [3.05, 3.63) is 0 Å². The van der Waals surface area contributed by atoms with Gasteiger partial charge >= 0.3 is 6.09 Å². The van der Waals surface area contributed by atoms with E-state index in [1.807, 2.05) is 27.7 Å². The van der Waals surface area contributed by atoms with Crippen molar-refractivity contribution in [1.82, 2.24) is 15.5 Å². The van der Waals surface area contributed by atoms with Gasteiger partial charge in [0, 0.05) is 26.2 Å². The second-order valence-corrected chi connectivity index (χ2v) is 7.08. The number of aliphatic imine (C=N–C) groups is 1. The van der Waals surface area contributed by atoms with Gasteiger partial charge in [-0.05, 0) is 40.5 Å². The van der Waals surface area contributed by atoms with Crippen LogP contribution in [0.2, 0.25) is 0 Å². The van der Waals surface area contributed by atoms with E-state index in [0.717, 1.165) is 32.0 Å². The topological polar surface area (TPSA) is 75.2 Å². The third kappa shape index (κ3) is 7.00. The predicted octanol–water partition coefficient (Wildman–Crippen LogP) is 1.96. The quantitative estimate of drug-likeness (QED) is 0.386. The van der Waals surface area contributed by atoms with Gasteiger partial charge in [0.25, 0.3) is 0 Å². The van der Waals surface area contributed by atoms with Crippen molar-refractivity contribution in [2.75, 3.05) is 32.8 Å². The second kappa shape index (κ2) is 9.65. The predicted molar refractivity (Wildman–Crippen MR) is 105 cm³/mol. The number of nitrogens with zero attached hydrogens (tertiary/aromatic N) is 2. The van der Waals surface area contributed by atoms with Crippen molar-refractivity contribution in [1.29, 1.82) is 0 Å². The molecule has 0 aromatic rings. The molecule has 2 heterocycles. The van der Waals surface area contributed by atoms with Gasteiger partial charge in [-0.15, -0.1) is 24.0 Å². The van der Waals surface area contributed by atoms with E-state index in [1.165, 1.54) is 0 Å². The third-order valence-electron chi connectivity index (χ3n) is 3.70. The standard InChI is InChI=1S/C16H30N4O3.HI/c1-5-17-14(18-9-13-7-6-8-22-13)19-12-10-20(11-12)15(21)23-16(2,3)4;/h12-13H,5-11H2,1-4H3,(H2,17,18,19);1H. The van der Waals surface area contributed by atoms with Gasteiger partial charge in [-0.25, -0.2) is 4.79 Å². The Morgan fingerprint density at radius 3 is 2.62 bits per heavy atom. The maximum absolute atomic E-state index is 11.9. The smallest absolute Gasteiger partial charge is 0.410 e. The molecule has 0 bridgehead atoms. The summed E-state index contributed by atoms with van der Waals surface area (Å²) in [6.07, 6.45) is 2.19. The number of rotatable bonds is 4. The largest absolute Gasteiger partial charge is 0.444 e. The van der Waals surface area contributed by atoms with Crippen LogP contribution in [0.5, 0.6) is 0 Å². The maximum atomic E-state index is 11.9. The van der Waals surface area contributed by atoms with Crippen LogP contribution in [-0.2, 0) is 9.47 Å². The van der Waals surface area contributed by atoms with Gasteiger partial charge in [0.1, 0.15) is 5.60 Å². The Morgan fingerprint density at radius 1 is 1.38 bits per heavy atom. The Labute approximate surface area is 161 Å². The van der Waals surface area contributed by atoms with Crippen LogP contribution < -0.4 is 10.6 Å². The monoisotopic (exact) mass is 454 g/mol. The van der Waals surface area contributed by atoms with Crippen LogP contribution in [0.25, 0.3) is 0 Å². The fourth-order valence-corrected chi connectivity index (χ4v) is 2.54. The van der Waals surface area contributed by atoms with Gasteiger partial charge in [-0.3, -0.25) is 4.99 Å².